The van der Waals surface area contributed by atoms with Crippen molar-refractivity contribution in [3.63, 3.8) is 0 Å². The zero-order chi connectivity index (χ0) is 19.4. The van der Waals surface area contributed by atoms with Crippen molar-refractivity contribution in [1.82, 2.24) is 0 Å². The summed E-state index contributed by atoms with van der Waals surface area (Å²) in [6, 6.07) is 0. The Morgan fingerprint density at radius 3 is 2.00 bits per heavy atom. The first-order valence-corrected chi connectivity index (χ1v) is 11.1. The van der Waals surface area contributed by atoms with Crippen LogP contribution in [0.4, 0.5) is 0 Å². The summed E-state index contributed by atoms with van der Waals surface area (Å²) < 4.78 is 26.1. The highest BCUT2D eigenvalue weighted by Crippen LogP contribution is 2.42. The van der Waals surface area contributed by atoms with Gasteiger partial charge in [0.1, 0.15) is 18.3 Å². The summed E-state index contributed by atoms with van der Waals surface area (Å²) in [5.74, 6) is 0. The minimum absolute atomic E-state index is 0.00603. The first kappa shape index (κ1) is 24.0. The molecule has 1 aliphatic heterocycles. The third-order valence-electron chi connectivity index (χ3n) is 4.48. The van der Waals surface area contributed by atoms with Crippen LogP contribution in [0.2, 0.25) is 0 Å². The van der Waals surface area contributed by atoms with Crippen molar-refractivity contribution in [3.8, 4) is 0 Å². The van der Waals surface area contributed by atoms with E-state index in [9.17, 15) is 19.7 Å². The second-order valence-electron chi connectivity index (χ2n) is 6.77. The summed E-state index contributed by atoms with van der Waals surface area (Å²) in [4.78, 5) is 11.7. The summed E-state index contributed by atoms with van der Waals surface area (Å²) in [6.07, 6.45) is 5.63. The Morgan fingerprint density at radius 1 is 0.962 bits per heavy atom. The quantitative estimate of drug-likeness (QED) is 0.282. The lowest BCUT2D eigenvalue weighted by atomic mass is 10.1. The SMILES string of the molecule is CCCCCCCCCCCCOP(=O)([O-])O[C@@H]1O[C@H](CO)[C@@H](O)[C@@H]1O. The van der Waals surface area contributed by atoms with Gasteiger partial charge in [-0.05, 0) is 6.42 Å². The molecule has 1 aliphatic rings. The van der Waals surface area contributed by atoms with E-state index in [0.29, 0.717) is 6.42 Å². The lowest BCUT2D eigenvalue weighted by Gasteiger charge is -2.27. The van der Waals surface area contributed by atoms with Crippen molar-refractivity contribution in [1.29, 1.82) is 0 Å². The molecule has 8 nitrogen and oxygen atoms in total. The molecule has 5 atom stereocenters. The highest BCUT2D eigenvalue weighted by molar-refractivity contribution is 7.45. The zero-order valence-electron chi connectivity index (χ0n) is 15.6. The van der Waals surface area contributed by atoms with Crippen molar-refractivity contribution in [2.24, 2.45) is 0 Å². The maximum atomic E-state index is 11.7. The van der Waals surface area contributed by atoms with Crippen LogP contribution in [0.25, 0.3) is 0 Å². The van der Waals surface area contributed by atoms with E-state index >= 15 is 0 Å². The Bertz CT molecular complexity index is 408. The predicted octanol–water partition coefficient (Wildman–Crippen LogP) is 1.85. The molecular formula is C17H34O8P-. The van der Waals surface area contributed by atoms with E-state index in [1.807, 2.05) is 0 Å². The third-order valence-corrected chi connectivity index (χ3v) is 5.44. The number of unbranched alkanes of at least 4 members (excludes halogenated alkanes) is 9. The maximum Gasteiger partial charge on any atom is 0.270 e. The molecule has 1 saturated heterocycles. The van der Waals surface area contributed by atoms with E-state index in [4.69, 9.17) is 14.4 Å². The smallest absolute Gasteiger partial charge is 0.270 e. The fraction of sp³-hybridized carbons (Fsp3) is 1.00. The van der Waals surface area contributed by atoms with Gasteiger partial charge in [-0.25, -0.2) is 0 Å². The molecule has 1 unspecified atom stereocenters. The fourth-order valence-corrected chi connectivity index (χ4v) is 3.72. The van der Waals surface area contributed by atoms with E-state index in [-0.39, 0.29) is 6.61 Å². The van der Waals surface area contributed by atoms with Crippen LogP contribution in [0.1, 0.15) is 71.1 Å². The second-order valence-corrected chi connectivity index (χ2v) is 8.14. The van der Waals surface area contributed by atoms with E-state index in [2.05, 4.69) is 11.4 Å². The molecule has 1 heterocycles. The van der Waals surface area contributed by atoms with Crippen molar-refractivity contribution >= 4 is 7.82 Å². The summed E-state index contributed by atoms with van der Waals surface area (Å²) in [5, 5.41) is 28.2. The first-order valence-electron chi connectivity index (χ1n) is 9.67. The molecule has 3 N–H and O–H groups in total. The summed E-state index contributed by atoms with van der Waals surface area (Å²) in [6.45, 7) is 1.65. The summed E-state index contributed by atoms with van der Waals surface area (Å²) >= 11 is 0. The number of hydrogen-bond donors (Lipinski definition) is 3. The number of aliphatic hydroxyl groups is 3. The van der Waals surface area contributed by atoms with Crippen molar-refractivity contribution < 1.29 is 38.6 Å². The van der Waals surface area contributed by atoms with E-state index in [1.54, 1.807) is 0 Å². The summed E-state index contributed by atoms with van der Waals surface area (Å²) in [5.41, 5.74) is 0. The highest BCUT2D eigenvalue weighted by Gasteiger charge is 2.44. The average Bonchev–Trinajstić information content (AvgIpc) is 2.87. The first-order chi connectivity index (χ1) is 12.4. The monoisotopic (exact) mass is 397 g/mol. The van der Waals surface area contributed by atoms with Crippen molar-refractivity contribution in [2.45, 2.75) is 95.7 Å². The Hall–Kier alpha value is -0.0500. The Kier molecular flexibility index (Phi) is 12.2. The number of phosphoric ester groups is 1. The largest absolute Gasteiger partial charge is 0.756 e. The third kappa shape index (κ3) is 9.24. The van der Waals surface area contributed by atoms with Gasteiger partial charge in [0.05, 0.1) is 13.2 Å². The van der Waals surface area contributed by atoms with E-state index < -0.39 is 39.0 Å². The van der Waals surface area contributed by atoms with E-state index in [1.165, 1.54) is 38.5 Å². The van der Waals surface area contributed by atoms with Crippen LogP contribution in [0.5, 0.6) is 0 Å². The minimum Gasteiger partial charge on any atom is -0.756 e. The molecule has 0 radical (unpaired) electrons. The zero-order valence-corrected chi connectivity index (χ0v) is 16.5. The van der Waals surface area contributed by atoms with Gasteiger partial charge in [0.15, 0.2) is 6.29 Å². The van der Waals surface area contributed by atoms with E-state index in [0.717, 1.165) is 19.3 Å². The molecule has 0 aromatic heterocycles. The van der Waals surface area contributed by atoms with Gasteiger partial charge in [-0.1, -0.05) is 64.7 Å². The van der Waals surface area contributed by atoms with Gasteiger partial charge < -0.3 is 29.5 Å². The number of aliphatic hydroxyl groups excluding tert-OH is 3. The van der Waals surface area contributed by atoms with Gasteiger partial charge in [0, 0.05) is 0 Å². The molecule has 1 fully saturated rings. The number of rotatable bonds is 15. The van der Waals surface area contributed by atoms with Crippen molar-refractivity contribution in [3.05, 3.63) is 0 Å². The van der Waals surface area contributed by atoms with Gasteiger partial charge in [0.25, 0.3) is 7.82 Å². The Balaban J connectivity index is 2.06. The molecule has 1 rings (SSSR count). The Labute approximate surface area is 156 Å². The molecule has 0 aromatic carbocycles. The molecule has 0 saturated carbocycles. The number of hydrogen-bond acceptors (Lipinski definition) is 8. The number of ether oxygens (including phenoxy) is 1. The van der Waals surface area contributed by atoms with Crippen LogP contribution >= 0.6 is 7.82 Å². The molecule has 0 spiro atoms. The minimum atomic E-state index is -4.65. The van der Waals surface area contributed by atoms with Crippen molar-refractivity contribution in [2.75, 3.05) is 13.2 Å². The predicted molar refractivity (Wildman–Crippen MR) is 94.2 cm³/mol. The highest BCUT2D eigenvalue weighted by atomic mass is 31.2. The van der Waals surface area contributed by atoms with Gasteiger partial charge in [-0.2, -0.15) is 0 Å². The lowest BCUT2D eigenvalue weighted by molar-refractivity contribution is -0.249. The molecule has 0 amide bonds. The number of phosphoric acid groups is 1. The van der Waals surface area contributed by atoms with Gasteiger partial charge in [-0.15, -0.1) is 0 Å². The van der Waals surface area contributed by atoms with Crippen LogP contribution in [-0.4, -0.2) is 53.1 Å². The van der Waals surface area contributed by atoms with Crippen LogP contribution in [0, 0.1) is 0 Å². The molecule has 0 aromatic rings. The van der Waals surface area contributed by atoms with Gasteiger partial charge in [0.2, 0.25) is 0 Å². The van der Waals surface area contributed by atoms with Gasteiger partial charge >= 0.3 is 0 Å². The molecule has 156 valence electrons. The molecule has 26 heavy (non-hydrogen) atoms. The van der Waals surface area contributed by atoms with Crippen LogP contribution in [0.3, 0.4) is 0 Å². The average molecular weight is 397 g/mol. The van der Waals surface area contributed by atoms with Crippen LogP contribution in [0.15, 0.2) is 0 Å². The van der Waals surface area contributed by atoms with Gasteiger partial charge in [-0.3, -0.25) is 9.09 Å². The molecular weight excluding hydrogens is 363 g/mol. The Morgan fingerprint density at radius 2 is 1.50 bits per heavy atom. The standard InChI is InChI=1S/C17H35O8P/c1-2-3-4-5-6-7-8-9-10-11-12-23-26(21,22)25-17-16(20)15(19)14(13-18)24-17/h14-20H,2-13H2,1H3,(H,21,22)/p-1/t14-,15-,16+,17+/m1/s1. The molecule has 0 bridgehead atoms. The molecule has 9 heteroatoms. The normalized spacial score (nSPS) is 28.3. The maximum absolute atomic E-state index is 11.7. The fourth-order valence-electron chi connectivity index (χ4n) is 2.88. The summed E-state index contributed by atoms with van der Waals surface area (Å²) in [7, 11) is -4.65. The lowest BCUT2D eigenvalue weighted by Crippen LogP contribution is -2.34. The van der Waals surface area contributed by atoms with Crippen LogP contribution in [-0.2, 0) is 18.3 Å². The molecule has 0 aliphatic carbocycles. The van der Waals surface area contributed by atoms with Crippen LogP contribution < -0.4 is 4.89 Å². The topological polar surface area (TPSA) is 129 Å². The second kappa shape index (κ2) is 13.2.